The summed E-state index contributed by atoms with van der Waals surface area (Å²) in [5, 5.41) is 7.70. The Labute approximate surface area is 198 Å². The lowest BCUT2D eigenvalue weighted by Crippen LogP contribution is -2.30. The SMILES string of the molecule is CC1=C2CCC(COC(=O)C(C)C)CCCC2C(c2ccc(CNC(=O)C(C)C)cc2)=NN1. The second-order valence-electron chi connectivity index (χ2n) is 10.0. The van der Waals surface area contributed by atoms with E-state index < -0.39 is 0 Å². The minimum Gasteiger partial charge on any atom is -0.465 e. The summed E-state index contributed by atoms with van der Waals surface area (Å²) in [7, 11) is 0. The quantitative estimate of drug-likeness (QED) is 0.574. The third-order valence-electron chi connectivity index (χ3n) is 6.68. The van der Waals surface area contributed by atoms with Crippen LogP contribution in [0.2, 0.25) is 0 Å². The average Bonchev–Trinajstić information content (AvgIpc) is 2.77. The van der Waals surface area contributed by atoms with Crippen molar-refractivity contribution in [2.75, 3.05) is 6.61 Å². The van der Waals surface area contributed by atoms with Crippen LogP contribution in [0.25, 0.3) is 0 Å². The van der Waals surface area contributed by atoms with Gasteiger partial charge in [-0.05, 0) is 55.2 Å². The molecular formula is C27H39N3O3. The van der Waals surface area contributed by atoms with E-state index >= 15 is 0 Å². The van der Waals surface area contributed by atoms with Crippen molar-refractivity contribution in [1.29, 1.82) is 0 Å². The van der Waals surface area contributed by atoms with E-state index in [1.165, 1.54) is 5.57 Å². The Bertz CT molecular complexity index is 900. The van der Waals surface area contributed by atoms with Crippen LogP contribution in [-0.2, 0) is 20.9 Å². The number of carbonyl (C=O) groups excluding carboxylic acids is 2. The summed E-state index contributed by atoms with van der Waals surface area (Å²) in [6.45, 7) is 10.7. The lowest BCUT2D eigenvalue weighted by atomic mass is 9.77. The number of benzene rings is 1. The Hall–Kier alpha value is -2.63. The molecule has 0 bridgehead atoms. The van der Waals surface area contributed by atoms with Gasteiger partial charge in [0, 0.05) is 24.1 Å². The van der Waals surface area contributed by atoms with Crippen LogP contribution < -0.4 is 10.7 Å². The largest absolute Gasteiger partial charge is 0.465 e. The summed E-state index contributed by atoms with van der Waals surface area (Å²) in [5.74, 6) is 0.602. The van der Waals surface area contributed by atoms with Gasteiger partial charge in [-0.25, -0.2) is 0 Å². The smallest absolute Gasteiger partial charge is 0.308 e. The van der Waals surface area contributed by atoms with Gasteiger partial charge in [0.25, 0.3) is 0 Å². The number of hydrazone groups is 1. The number of ether oxygens (including phenoxy) is 1. The molecule has 0 radical (unpaired) electrons. The van der Waals surface area contributed by atoms with Crippen LogP contribution in [0.1, 0.15) is 77.8 Å². The fraction of sp³-hybridized carbons (Fsp3) is 0.593. The predicted molar refractivity (Wildman–Crippen MR) is 131 cm³/mol. The highest BCUT2D eigenvalue weighted by Crippen LogP contribution is 2.36. The summed E-state index contributed by atoms with van der Waals surface area (Å²) in [4.78, 5) is 23.7. The molecule has 2 unspecified atom stereocenters. The highest BCUT2D eigenvalue weighted by Gasteiger charge is 2.30. The number of esters is 1. The second-order valence-corrected chi connectivity index (χ2v) is 10.0. The van der Waals surface area contributed by atoms with E-state index in [4.69, 9.17) is 9.84 Å². The lowest BCUT2D eigenvalue weighted by Gasteiger charge is -2.32. The van der Waals surface area contributed by atoms with Crippen molar-refractivity contribution in [2.45, 2.75) is 73.3 Å². The number of rotatable bonds is 7. The average molecular weight is 454 g/mol. The standard InChI is InChI=1S/C27H39N3O3/c1-17(2)26(31)28-15-20-9-12-22(13-10-20)25-24-8-6-7-21(16-33-27(32)18(3)4)11-14-23(24)19(5)29-30-25/h9-10,12-13,17-18,21,24,29H,6-8,11,14-16H2,1-5H3,(H,28,31). The molecule has 2 aliphatic rings. The molecule has 6 heteroatoms. The summed E-state index contributed by atoms with van der Waals surface area (Å²) in [5.41, 5.74) is 9.13. The van der Waals surface area contributed by atoms with Crippen molar-refractivity contribution in [3.05, 3.63) is 46.7 Å². The van der Waals surface area contributed by atoms with Crippen LogP contribution in [-0.4, -0.2) is 24.2 Å². The van der Waals surface area contributed by atoms with E-state index in [9.17, 15) is 9.59 Å². The number of fused-ring (bicyclic) bond motifs is 1. The maximum atomic E-state index is 11.9. The van der Waals surface area contributed by atoms with Crippen molar-refractivity contribution < 1.29 is 14.3 Å². The Balaban J connectivity index is 1.64. The molecule has 1 fully saturated rings. The molecule has 0 saturated heterocycles. The van der Waals surface area contributed by atoms with Gasteiger partial charge < -0.3 is 10.1 Å². The number of nitrogens with one attached hydrogen (secondary N) is 2. The number of hydrogen-bond acceptors (Lipinski definition) is 5. The van der Waals surface area contributed by atoms with Crippen molar-refractivity contribution in [3.8, 4) is 0 Å². The molecule has 1 aromatic rings. The predicted octanol–water partition coefficient (Wildman–Crippen LogP) is 4.94. The fourth-order valence-corrected chi connectivity index (χ4v) is 4.49. The minimum absolute atomic E-state index is 0.0124. The highest BCUT2D eigenvalue weighted by atomic mass is 16.5. The van der Waals surface area contributed by atoms with E-state index in [2.05, 4.69) is 41.9 Å². The third-order valence-corrected chi connectivity index (χ3v) is 6.68. The van der Waals surface area contributed by atoms with Gasteiger partial charge in [0.1, 0.15) is 0 Å². The van der Waals surface area contributed by atoms with E-state index in [1.54, 1.807) is 0 Å². The Morgan fingerprint density at radius 1 is 1.09 bits per heavy atom. The number of allylic oxidation sites excluding steroid dienone is 2. The molecule has 1 aliphatic heterocycles. The van der Waals surface area contributed by atoms with Gasteiger partial charge in [-0.2, -0.15) is 5.10 Å². The molecule has 2 atom stereocenters. The summed E-state index contributed by atoms with van der Waals surface area (Å²) in [6, 6.07) is 8.38. The first-order valence-electron chi connectivity index (χ1n) is 12.3. The summed E-state index contributed by atoms with van der Waals surface area (Å²) in [6.07, 6.45) is 5.23. The first-order valence-corrected chi connectivity index (χ1v) is 12.3. The van der Waals surface area contributed by atoms with Gasteiger partial charge in [-0.15, -0.1) is 0 Å². The Morgan fingerprint density at radius 3 is 2.48 bits per heavy atom. The molecule has 0 aromatic heterocycles. The van der Waals surface area contributed by atoms with Crippen LogP contribution in [0.3, 0.4) is 0 Å². The van der Waals surface area contributed by atoms with Crippen LogP contribution in [0.15, 0.2) is 40.6 Å². The van der Waals surface area contributed by atoms with E-state index in [-0.39, 0.29) is 23.7 Å². The van der Waals surface area contributed by atoms with E-state index in [1.807, 2.05) is 27.7 Å². The zero-order valence-corrected chi connectivity index (χ0v) is 20.7. The van der Waals surface area contributed by atoms with Crippen molar-refractivity contribution >= 4 is 17.6 Å². The molecule has 1 heterocycles. The molecule has 6 nitrogen and oxygen atoms in total. The Kier molecular flexibility index (Phi) is 8.70. The number of carbonyl (C=O) groups is 2. The first-order chi connectivity index (χ1) is 15.8. The van der Waals surface area contributed by atoms with Crippen LogP contribution in [0, 0.1) is 23.7 Å². The summed E-state index contributed by atoms with van der Waals surface area (Å²) >= 11 is 0. The van der Waals surface area contributed by atoms with Gasteiger partial charge in [0.2, 0.25) is 5.91 Å². The third kappa shape index (κ3) is 6.68. The summed E-state index contributed by atoms with van der Waals surface area (Å²) < 4.78 is 5.53. The molecular weight excluding hydrogens is 414 g/mol. The molecule has 1 saturated carbocycles. The van der Waals surface area contributed by atoms with E-state index in [0.29, 0.717) is 25.0 Å². The zero-order chi connectivity index (χ0) is 24.0. The molecule has 180 valence electrons. The number of amides is 1. The maximum Gasteiger partial charge on any atom is 0.308 e. The van der Waals surface area contributed by atoms with Crippen molar-refractivity contribution in [1.82, 2.24) is 10.7 Å². The second kappa shape index (κ2) is 11.5. The monoisotopic (exact) mass is 453 g/mol. The lowest BCUT2D eigenvalue weighted by molar-refractivity contribution is -0.148. The van der Waals surface area contributed by atoms with Crippen LogP contribution in [0.5, 0.6) is 0 Å². The van der Waals surface area contributed by atoms with Gasteiger partial charge in [0.05, 0.1) is 18.2 Å². The maximum absolute atomic E-state index is 11.9. The first kappa shape index (κ1) is 25.0. The molecule has 1 amide bonds. The van der Waals surface area contributed by atoms with Crippen molar-refractivity contribution in [3.63, 3.8) is 0 Å². The zero-order valence-electron chi connectivity index (χ0n) is 20.7. The molecule has 1 aliphatic carbocycles. The van der Waals surface area contributed by atoms with Crippen LogP contribution >= 0.6 is 0 Å². The van der Waals surface area contributed by atoms with Gasteiger partial charge in [-0.1, -0.05) is 58.4 Å². The molecule has 33 heavy (non-hydrogen) atoms. The van der Waals surface area contributed by atoms with Crippen LogP contribution in [0.4, 0.5) is 0 Å². The normalized spacial score (nSPS) is 21.0. The number of nitrogens with zero attached hydrogens (tertiary/aromatic N) is 1. The van der Waals surface area contributed by atoms with Gasteiger partial charge in [0.15, 0.2) is 0 Å². The topological polar surface area (TPSA) is 79.8 Å². The van der Waals surface area contributed by atoms with Gasteiger partial charge >= 0.3 is 5.97 Å². The Morgan fingerprint density at radius 2 is 1.82 bits per heavy atom. The van der Waals surface area contributed by atoms with Gasteiger partial charge in [-0.3, -0.25) is 15.0 Å². The van der Waals surface area contributed by atoms with E-state index in [0.717, 1.165) is 54.6 Å². The fourth-order valence-electron chi connectivity index (χ4n) is 4.49. The molecule has 2 N–H and O–H groups in total. The minimum atomic E-state index is -0.105. The van der Waals surface area contributed by atoms with Crippen molar-refractivity contribution in [2.24, 2.45) is 28.8 Å². The highest BCUT2D eigenvalue weighted by molar-refractivity contribution is 6.04. The molecule has 3 rings (SSSR count). The molecule has 0 spiro atoms. The molecule has 1 aromatic carbocycles. The number of hydrogen-bond donors (Lipinski definition) is 2.